The lowest BCUT2D eigenvalue weighted by molar-refractivity contribution is -0.432. The van der Waals surface area contributed by atoms with Gasteiger partial charge in [-0.1, -0.05) is 5.04 Å². The van der Waals surface area contributed by atoms with Crippen LogP contribution in [0.15, 0.2) is 17.0 Å². The fourth-order valence-electron chi connectivity index (χ4n) is 2.90. The first-order valence-electron chi connectivity index (χ1n) is 7.78. The number of anilines is 1. The summed E-state index contributed by atoms with van der Waals surface area (Å²) in [6, 6.07) is 3.18. The van der Waals surface area contributed by atoms with Gasteiger partial charge in [0.25, 0.3) is 0 Å². The molecule has 9 nitrogen and oxygen atoms in total. The molecular formula is C16H18N2O7S. The van der Waals surface area contributed by atoms with Gasteiger partial charge in [0.1, 0.15) is 11.3 Å². The number of aromatic amines is 1. The van der Waals surface area contributed by atoms with E-state index in [1.807, 2.05) is 0 Å². The van der Waals surface area contributed by atoms with Crippen LogP contribution in [0.4, 0.5) is 10.5 Å². The van der Waals surface area contributed by atoms with Crippen LogP contribution in [-0.2, 0) is 20.5 Å². The number of carbonyl (C=O) groups excluding carboxylic acids is 1. The molecule has 0 saturated heterocycles. The Morgan fingerprint density at radius 2 is 2.04 bits per heavy atom. The molecule has 0 unspecified atom stereocenters. The van der Waals surface area contributed by atoms with Crippen molar-refractivity contribution in [1.82, 2.24) is 4.98 Å². The van der Waals surface area contributed by atoms with Crippen molar-refractivity contribution in [1.29, 1.82) is 0 Å². The molecule has 1 amide bonds. The molecule has 0 radical (unpaired) electrons. The Morgan fingerprint density at radius 3 is 2.65 bits per heavy atom. The Hall–Kier alpha value is -2.27. The summed E-state index contributed by atoms with van der Waals surface area (Å²) in [5, 5.41) is 22.0. The number of ether oxygens (including phenoxy) is 1. The van der Waals surface area contributed by atoms with Gasteiger partial charge in [-0.3, -0.25) is 4.90 Å². The molecule has 140 valence electrons. The van der Waals surface area contributed by atoms with E-state index in [0.717, 1.165) is 5.56 Å². The molecule has 0 atom stereocenters. The minimum atomic E-state index is -1.10. The highest BCUT2D eigenvalue weighted by Crippen LogP contribution is 2.41. The minimum absolute atomic E-state index is 0.0101. The topological polar surface area (TPSA) is 121 Å². The Balaban J connectivity index is 2.09. The van der Waals surface area contributed by atoms with E-state index >= 15 is 0 Å². The van der Waals surface area contributed by atoms with Gasteiger partial charge in [0.05, 0.1) is 28.1 Å². The summed E-state index contributed by atoms with van der Waals surface area (Å²) >= 11 is 0.693. The van der Waals surface area contributed by atoms with E-state index in [9.17, 15) is 14.7 Å². The highest BCUT2D eigenvalue weighted by atomic mass is 32.2. The Kier molecular flexibility index (Phi) is 4.84. The molecule has 0 fully saturated rings. The number of nitrogens with zero attached hydrogens (tertiary/aromatic N) is 1. The van der Waals surface area contributed by atoms with E-state index in [4.69, 9.17) is 9.99 Å². The van der Waals surface area contributed by atoms with Gasteiger partial charge < -0.3 is 14.8 Å². The molecule has 0 aliphatic carbocycles. The molecule has 10 heteroatoms. The quantitative estimate of drug-likeness (QED) is 0.417. The lowest BCUT2D eigenvalue weighted by Gasteiger charge is -2.25. The van der Waals surface area contributed by atoms with Crippen molar-refractivity contribution in [2.75, 3.05) is 11.4 Å². The Labute approximate surface area is 152 Å². The van der Waals surface area contributed by atoms with E-state index in [1.165, 1.54) is 11.0 Å². The van der Waals surface area contributed by atoms with Gasteiger partial charge in [-0.2, -0.15) is 0 Å². The molecule has 0 spiro atoms. The van der Waals surface area contributed by atoms with Crippen LogP contribution in [0, 0.1) is 0 Å². The third-order valence-electron chi connectivity index (χ3n) is 3.84. The third-order valence-corrected chi connectivity index (χ3v) is 4.47. The van der Waals surface area contributed by atoms with Crippen LogP contribution < -0.4 is 4.90 Å². The number of rotatable bonds is 4. The highest BCUT2D eigenvalue weighted by molar-refractivity contribution is 7.94. The van der Waals surface area contributed by atoms with Crippen molar-refractivity contribution in [3.05, 3.63) is 23.4 Å². The van der Waals surface area contributed by atoms with E-state index < -0.39 is 17.7 Å². The van der Waals surface area contributed by atoms with Crippen LogP contribution in [-0.4, -0.2) is 39.6 Å². The molecule has 3 rings (SSSR count). The molecular weight excluding hydrogens is 364 g/mol. The zero-order valence-electron chi connectivity index (χ0n) is 14.4. The Morgan fingerprint density at radius 1 is 1.31 bits per heavy atom. The van der Waals surface area contributed by atoms with Crippen molar-refractivity contribution in [2.24, 2.45) is 0 Å². The number of nitrogens with one attached hydrogen (secondary N) is 1. The third kappa shape index (κ3) is 3.49. The van der Waals surface area contributed by atoms with Crippen LogP contribution in [0.5, 0.6) is 0 Å². The van der Waals surface area contributed by atoms with Gasteiger partial charge in [-0.25, -0.2) is 14.8 Å². The summed E-state index contributed by atoms with van der Waals surface area (Å²) in [6.07, 6.45) is 0.0736. The van der Waals surface area contributed by atoms with Gasteiger partial charge in [0, 0.05) is 11.9 Å². The molecule has 1 aromatic heterocycles. The van der Waals surface area contributed by atoms with Crippen LogP contribution in [0.25, 0.3) is 10.9 Å². The number of H-pyrrole nitrogens is 1. The highest BCUT2D eigenvalue weighted by Gasteiger charge is 2.32. The molecule has 0 bridgehead atoms. The van der Waals surface area contributed by atoms with Crippen LogP contribution in [0.2, 0.25) is 0 Å². The standard InChI is InChI=1S/C16H18N2O7S/c1-16(2,3)23-15(21)18-5-4-8-9-6-10(14(19)20)17-13(9)12(7-11(8)18)26-25-24-22/h6-7,17,22H,4-5H2,1-3H3,(H,19,20). The van der Waals surface area contributed by atoms with Crippen LogP contribution in [0.3, 0.4) is 0 Å². The van der Waals surface area contributed by atoms with E-state index in [-0.39, 0.29) is 5.69 Å². The summed E-state index contributed by atoms with van der Waals surface area (Å²) in [6.45, 7) is 5.76. The maximum Gasteiger partial charge on any atom is 0.414 e. The summed E-state index contributed by atoms with van der Waals surface area (Å²) in [5.74, 6) is -1.10. The monoisotopic (exact) mass is 382 g/mol. The normalized spacial score (nSPS) is 13.9. The number of hydrogen-bond donors (Lipinski definition) is 3. The maximum absolute atomic E-state index is 12.5. The van der Waals surface area contributed by atoms with Crippen molar-refractivity contribution in [3.8, 4) is 0 Å². The number of hydrogen-bond acceptors (Lipinski definition) is 7. The van der Waals surface area contributed by atoms with Crippen molar-refractivity contribution in [3.63, 3.8) is 0 Å². The van der Waals surface area contributed by atoms with Gasteiger partial charge >= 0.3 is 12.1 Å². The van der Waals surface area contributed by atoms with E-state index in [2.05, 4.69) is 14.4 Å². The Bertz CT molecular complexity index is 872. The molecule has 26 heavy (non-hydrogen) atoms. The van der Waals surface area contributed by atoms with Crippen molar-refractivity contribution >= 4 is 40.7 Å². The molecule has 3 N–H and O–H groups in total. The zero-order valence-corrected chi connectivity index (χ0v) is 15.2. The number of carboxylic acids is 1. The molecule has 1 aromatic carbocycles. The number of fused-ring (bicyclic) bond motifs is 3. The van der Waals surface area contributed by atoms with Gasteiger partial charge in [-0.15, -0.1) is 4.33 Å². The summed E-state index contributed by atoms with van der Waals surface area (Å²) in [7, 11) is 0. The molecule has 1 aliphatic heterocycles. The molecule has 2 heterocycles. The molecule has 1 aliphatic rings. The first-order chi connectivity index (χ1) is 12.2. The predicted molar refractivity (Wildman–Crippen MR) is 93.2 cm³/mol. The molecule has 0 saturated carbocycles. The van der Waals surface area contributed by atoms with E-state index in [0.29, 0.717) is 46.5 Å². The van der Waals surface area contributed by atoms with Crippen LogP contribution in [0.1, 0.15) is 36.8 Å². The van der Waals surface area contributed by atoms with Crippen molar-refractivity contribution < 1.29 is 34.1 Å². The largest absolute Gasteiger partial charge is 0.477 e. The fraction of sp³-hybridized carbons (Fsp3) is 0.375. The summed E-state index contributed by atoms with van der Waals surface area (Å²) in [4.78, 5) is 28.6. The average molecular weight is 382 g/mol. The van der Waals surface area contributed by atoms with Gasteiger partial charge in [0.2, 0.25) is 0 Å². The van der Waals surface area contributed by atoms with Gasteiger partial charge in [0.15, 0.2) is 0 Å². The number of carboxylic acid groups (broad SMARTS) is 1. The van der Waals surface area contributed by atoms with Gasteiger partial charge in [-0.05, 0) is 44.9 Å². The number of aromatic carboxylic acids is 1. The SMILES string of the molecule is CC(C)(C)OC(=O)N1CCc2c1cc(SOOO)c1[nH]c(C(=O)O)cc21. The second kappa shape index (κ2) is 6.80. The number of benzene rings is 1. The lowest BCUT2D eigenvalue weighted by atomic mass is 10.1. The number of carbonyl (C=O) groups is 2. The first kappa shape index (κ1) is 18.5. The first-order valence-corrected chi connectivity index (χ1v) is 8.52. The van der Waals surface area contributed by atoms with E-state index in [1.54, 1.807) is 26.8 Å². The second-order valence-corrected chi connectivity index (χ2v) is 7.50. The zero-order chi connectivity index (χ0) is 19.1. The van der Waals surface area contributed by atoms with Crippen LogP contribution >= 0.6 is 12.0 Å². The van der Waals surface area contributed by atoms with Crippen molar-refractivity contribution in [2.45, 2.75) is 37.7 Å². The maximum atomic E-state index is 12.5. The number of aromatic nitrogens is 1. The summed E-state index contributed by atoms with van der Waals surface area (Å²) in [5.41, 5.74) is 1.33. The fourth-order valence-corrected chi connectivity index (χ4v) is 3.40. The smallest absolute Gasteiger partial charge is 0.414 e. The average Bonchev–Trinajstić information content (AvgIpc) is 3.14. The summed E-state index contributed by atoms with van der Waals surface area (Å²) < 4.78 is 9.94. The lowest BCUT2D eigenvalue weighted by Crippen LogP contribution is -2.35. The molecule has 2 aromatic rings. The second-order valence-electron chi connectivity index (χ2n) is 6.76. The predicted octanol–water partition coefficient (Wildman–Crippen LogP) is 3.59. The minimum Gasteiger partial charge on any atom is -0.477 e. The number of amides is 1.